The van der Waals surface area contributed by atoms with Crippen LogP contribution < -0.4 is 4.90 Å². The Bertz CT molecular complexity index is 360. The maximum atomic E-state index is 12.2. The number of unbranched alkanes of at least 4 members (excludes halogenated alkanes) is 1. The Kier molecular flexibility index (Phi) is 5.19. The molecule has 0 aliphatic carbocycles. The van der Waals surface area contributed by atoms with Gasteiger partial charge in [0.15, 0.2) is 0 Å². The minimum atomic E-state index is 0.0130. The van der Waals surface area contributed by atoms with Gasteiger partial charge in [-0.1, -0.05) is 27.2 Å². The number of anilines is 1. The van der Waals surface area contributed by atoms with E-state index < -0.39 is 0 Å². The molecule has 0 fully saturated rings. The van der Waals surface area contributed by atoms with Crippen molar-refractivity contribution in [2.45, 2.75) is 47.0 Å². The van der Waals surface area contributed by atoms with E-state index in [1.807, 2.05) is 20.8 Å². The van der Waals surface area contributed by atoms with Crippen molar-refractivity contribution < 1.29 is 9.21 Å². The van der Waals surface area contributed by atoms with Crippen molar-refractivity contribution in [1.29, 1.82) is 0 Å². The van der Waals surface area contributed by atoms with Crippen LogP contribution in [-0.2, 0) is 4.79 Å². The van der Waals surface area contributed by atoms with E-state index in [-0.39, 0.29) is 11.8 Å². The summed E-state index contributed by atoms with van der Waals surface area (Å²) >= 11 is 0. The molecule has 0 radical (unpaired) electrons. The van der Waals surface area contributed by atoms with Crippen LogP contribution in [0.5, 0.6) is 0 Å². The highest BCUT2D eigenvalue weighted by molar-refractivity contribution is 5.92. The summed E-state index contributed by atoms with van der Waals surface area (Å²) in [6.45, 7) is 8.60. The van der Waals surface area contributed by atoms with E-state index >= 15 is 0 Å². The van der Waals surface area contributed by atoms with E-state index in [0.29, 0.717) is 12.6 Å². The minimum Gasteiger partial charge on any atom is -0.431 e. The Balaban J connectivity index is 2.83. The molecule has 0 aliphatic heterocycles. The lowest BCUT2D eigenvalue weighted by molar-refractivity contribution is -0.122. The van der Waals surface area contributed by atoms with Crippen LogP contribution in [0.2, 0.25) is 0 Å². The van der Waals surface area contributed by atoms with Crippen LogP contribution in [0.1, 0.15) is 45.7 Å². The zero-order valence-electron chi connectivity index (χ0n) is 11.2. The SMILES string of the molecule is CCCCN(C(=O)[C@H](C)CC)c1nc(C)co1. The number of carbonyl (C=O) groups excluding carboxylic acids is 1. The predicted molar refractivity (Wildman–Crippen MR) is 68.0 cm³/mol. The molecule has 17 heavy (non-hydrogen) atoms. The molecule has 0 aliphatic rings. The van der Waals surface area contributed by atoms with Crippen molar-refractivity contribution >= 4 is 11.9 Å². The Hall–Kier alpha value is -1.32. The number of hydrogen-bond acceptors (Lipinski definition) is 3. The summed E-state index contributed by atoms with van der Waals surface area (Å²) in [4.78, 5) is 18.1. The number of oxazole rings is 1. The maximum Gasteiger partial charge on any atom is 0.304 e. The van der Waals surface area contributed by atoms with Crippen LogP contribution in [0.15, 0.2) is 10.7 Å². The molecule has 1 rings (SSSR count). The first-order valence-corrected chi connectivity index (χ1v) is 6.33. The van der Waals surface area contributed by atoms with Crippen molar-refractivity contribution in [2.75, 3.05) is 11.4 Å². The average Bonchev–Trinajstić information content (AvgIpc) is 2.75. The summed E-state index contributed by atoms with van der Waals surface area (Å²) in [6, 6.07) is 0.432. The van der Waals surface area contributed by atoms with Gasteiger partial charge in [-0.05, 0) is 19.8 Å². The van der Waals surface area contributed by atoms with Crippen molar-refractivity contribution in [1.82, 2.24) is 4.98 Å². The van der Waals surface area contributed by atoms with Crippen molar-refractivity contribution in [3.63, 3.8) is 0 Å². The van der Waals surface area contributed by atoms with E-state index in [9.17, 15) is 4.79 Å². The molecule has 0 bridgehead atoms. The molecular formula is C13H22N2O2. The van der Waals surface area contributed by atoms with Crippen molar-refractivity contribution in [3.05, 3.63) is 12.0 Å². The number of aryl methyl sites for hydroxylation is 1. The first-order chi connectivity index (χ1) is 8.10. The average molecular weight is 238 g/mol. The summed E-state index contributed by atoms with van der Waals surface area (Å²) in [5.41, 5.74) is 0.804. The lowest BCUT2D eigenvalue weighted by Crippen LogP contribution is -2.36. The molecule has 0 N–H and O–H groups in total. The minimum absolute atomic E-state index is 0.0130. The summed E-state index contributed by atoms with van der Waals surface area (Å²) in [5, 5.41) is 0. The van der Waals surface area contributed by atoms with Gasteiger partial charge in [0, 0.05) is 12.5 Å². The molecule has 1 aromatic rings. The molecule has 1 atom stereocenters. The summed E-state index contributed by atoms with van der Waals surface area (Å²) in [7, 11) is 0. The molecule has 4 heteroatoms. The molecule has 1 amide bonds. The highest BCUT2D eigenvalue weighted by Gasteiger charge is 2.23. The van der Waals surface area contributed by atoms with E-state index in [2.05, 4.69) is 11.9 Å². The lowest BCUT2D eigenvalue weighted by atomic mass is 10.1. The quantitative estimate of drug-likeness (QED) is 0.764. The standard InChI is InChI=1S/C13H22N2O2/c1-5-7-8-15(12(16)10(3)6-2)13-14-11(4)9-17-13/h9-10H,5-8H2,1-4H3/t10-/m1/s1. The summed E-state index contributed by atoms with van der Waals surface area (Å²) in [5.74, 6) is 0.113. The van der Waals surface area contributed by atoms with Gasteiger partial charge in [0.2, 0.25) is 5.91 Å². The Labute approximate surface area is 103 Å². The van der Waals surface area contributed by atoms with E-state index in [0.717, 1.165) is 25.0 Å². The third kappa shape index (κ3) is 3.58. The van der Waals surface area contributed by atoms with Gasteiger partial charge in [0.05, 0.1) is 5.69 Å². The summed E-state index contributed by atoms with van der Waals surface area (Å²) in [6.07, 6.45) is 4.42. The maximum absolute atomic E-state index is 12.2. The van der Waals surface area contributed by atoms with Crippen LogP contribution in [-0.4, -0.2) is 17.4 Å². The summed E-state index contributed by atoms with van der Waals surface area (Å²) < 4.78 is 5.33. The van der Waals surface area contributed by atoms with E-state index in [1.165, 1.54) is 0 Å². The van der Waals surface area contributed by atoms with Gasteiger partial charge in [-0.25, -0.2) is 0 Å². The molecule has 4 nitrogen and oxygen atoms in total. The number of hydrogen-bond donors (Lipinski definition) is 0. The number of aromatic nitrogens is 1. The zero-order valence-corrected chi connectivity index (χ0v) is 11.2. The van der Waals surface area contributed by atoms with Gasteiger partial charge in [0.25, 0.3) is 0 Å². The highest BCUT2D eigenvalue weighted by Crippen LogP contribution is 2.18. The first kappa shape index (κ1) is 13.7. The highest BCUT2D eigenvalue weighted by atomic mass is 16.4. The normalized spacial score (nSPS) is 12.5. The fourth-order valence-corrected chi connectivity index (χ4v) is 1.52. The second-order valence-corrected chi connectivity index (χ2v) is 4.42. The number of amides is 1. The fourth-order valence-electron chi connectivity index (χ4n) is 1.52. The van der Waals surface area contributed by atoms with Crippen LogP contribution in [0.25, 0.3) is 0 Å². The van der Waals surface area contributed by atoms with Crippen molar-refractivity contribution in [2.24, 2.45) is 5.92 Å². The molecule has 0 aromatic carbocycles. The largest absolute Gasteiger partial charge is 0.431 e. The zero-order chi connectivity index (χ0) is 12.8. The number of rotatable bonds is 6. The van der Waals surface area contributed by atoms with Crippen molar-refractivity contribution in [3.8, 4) is 0 Å². The van der Waals surface area contributed by atoms with Gasteiger partial charge in [-0.2, -0.15) is 4.98 Å². The van der Waals surface area contributed by atoms with E-state index in [1.54, 1.807) is 11.2 Å². The Morgan fingerprint density at radius 1 is 1.53 bits per heavy atom. The van der Waals surface area contributed by atoms with Crippen LogP contribution in [0.4, 0.5) is 6.01 Å². The molecule has 0 saturated carbocycles. The van der Waals surface area contributed by atoms with Gasteiger partial charge in [-0.15, -0.1) is 0 Å². The van der Waals surface area contributed by atoms with Crippen LogP contribution >= 0.6 is 0 Å². The smallest absolute Gasteiger partial charge is 0.304 e. The molecule has 1 heterocycles. The molecule has 0 saturated heterocycles. The second kappa shape index (κ2) is 6.42. The third-order valence-electron chi connectivity index (χ3n) is 2.87. The molecule has 96 valence electrons. The van der Waals surface area contributed by atoms with Gasteiger partial charge in [-0.3, -0.25) is 9.69 Å². The predicted octanol–water partition coefficient (Wildman–Crippen LogP) is 3.16. The van der Waals surface area contributed by atoms with Crippen LogP contribution in [0, 0.1) is 12.8 Å². The lowest BCUT2D eigenvalue weighted by Gasteiger charge is -2.21. The Morgan fingerprint density at radius 3 is 2.71 bits per heavy atom. The Morgan fingerprint density at radius 2 is 2.24 bits per heavy atom. The van der Waals surface area contributed by atoms with E-state index in [4.69, 9.17) is 4.42 Å². The molecule has 0 unspecified atom stereocenters. The van der Waals surface area contributed by atoms with Gasteiger partial charge >= 0.3 is 6.01 Å². The number of nitrogens with zero attached hydrogens (tertiary/aromatic N) is 2. The first-order valence-electron chi connectivity index (χ1n) is 6.33. The number of carbonyl (C=O) groups is 1. The topological polar surface area (TPSA) is 46.3 Å². The third-order valence-corrected chi connectivity index (χ3v) is 2.87. The van der Waals surface area contributed by atoms with Gasteiger partial charge in [0.1, 0.15) is 6.26 Å². The fraction of sp³-hybridized carbons (Fsp3) is 0.692. The molecule has 1 aromatic heterocycles. The molecular weight excluding hydrogens is 216 g/mol. The monoisotopic (exact) mass is 238 g/mol. The molecule has 0 spiro atoms. The van der Waals surface area contributed by atoms with Gasteiger partial charge < -0.3 is 4.42 Å². The second-order valence-electron chi connectivity index (χ2n) is 4.42. The van der Waals surface area contributed by atoms with Crippen LogP contribution in [0.3, 0.4) is 0 Å².